The molecule has 0 bridgehead atoms. The summed E-state index contributed by atoms with van der Waals surface area (Å²) in [5.74, 6) is -1.21. The van der Waals surface area contributed by atoms with Crippen LogP contribution in [0, 0.1) is 0 Å². The zero-order valence-corrected chi connectivity index (χ0v) is 8.89. The van der Waals surface area contributed by atoms with Gasteiger partial charge in [-0.15, -0.1) is 0 Å². The number of carbonyl (C=O) groups excluding carboxylic acids is 2. The molecular formula is C9H14F3NO3. The first-order chi connectivity index (χ1) is 7.35. The topological polar surface area (TPSA) is 55.4 Å². The minimum atomic E-state index is -4.33. The molecule has 16 heavy (non-hydrogen) atoms. The van der Waals surface area contributed by atoms with Crippen LogP contribution in [0.2, 0.25) is 0 Å². The van der Waals surface area contributed by atoms with Crippen molar-refractivity contribution in [2.45, 2.75) is 32.4 Å². The number of hydrogen-bond acceptors (Lipinski definition) is 3. The second-order valence-corrected chi connectivity index (χ2v) is 3.02. The summed E-state index contributed by atoms with van der Waals surface area (Å²) in [5, 5.41) is 2.20. The highest BCUT2D eigenvalue weighted by Gasteiger charge is 2.27. The second kappa shape index (κ2) is 7.08. The Morgan fingerprint density at radius 2 is 1.88 bits per heavy atom. The van der Waals surface area contributed by atoms with Crippen molar-refractivity contribution < 1.29 is 27.5 Å². The molecule has 1 amide bonds. The number of nitrogens with one attached hydrogen (secondary N) is 1. The molecule has 0 heterocycles. The lowest BCUT2D eigenvalue weighted by atomic mass is 10.3. The number of amides is 1. The standard InChI is InChI=1S/C9H14F3NO3/c1-2-16-8(15)4-6-13-7(14)3-5-9(10,11)12/h2-6H2,1H3,(H,13,14). The van der Waals surface area contributed by atoms with E-state index in [1.165, 1.54) is 0 Å². The number of rotatable bonds is 6. The lowest BCUT2D eigenvalue weighted by Gasteiger charge is -2.07. The van der Waals surface area contributed by atoms with Crippen LogP contribution in [0.15, 0.2) is 0 Å². The average molecular weight is 241 g/mol. The molecule has 0 fully saturated rings. The molecule has 0 aromatic rings. The Hall–Kier alpha value is -1.27. The number of esters is 1. The fourth-order valence-electron chi connectivity index (χ4n) is 0.881. The Morgan fingerprint density at radius 1 is 1.25 bits per heavy atom. The lowest BCUT2D eigenvalue weighted by molar-refractivity contribution is -0.145. The fourth-order valence-corrected chi connectivity index (χ4v) is 0.881. The molecule has 0 saturated heterocycles. The summed E-state index contributed by atoms with van der Waals surface area (Å²) in [7, 11) is 0. The maximum Gasteiger partial charge on any atom is 0.389 e. The quantitative estimate of drug-likeness (QED) is 0.715. The van der Waals surface area contributed by atoms with E-state index in [0.717, 1.165) is 0 Å². The maximum atomic E-state index is 11.7. The van der Waals surface area contributed by atoms with Gasteiger partial charge in [0.15, 0.2) is 0 Å². The van der Waals surface area contributed by atoms with E-state index in [1.54, 1.807) is 6.92 Å². The zero-order chi connectivity index (χ0) is 12.6. The van der Waals surface area contributed by atoms with Gasteiger partial charge in [0, 0.05) is 13.0 Å². The van der Waals surface area contributed by atoms with Crippen LogP contribution in [-0.4, -0.2) is 31.2 Å². The average Bonchev–Trinajstić information content (AvgIpc) is 2.14. The van der Waals surface area contributed by atoms with E-state index in [4.69, 9.17) is 0 Å². The number of halogens is 3. The number of hydrogen-bond donors (Lipinski definition) is 1. The van der Waals surface area contributed by atoms with Gasteiger partial charge in [-0.3, -0.25) is 9.59 Å². The van der Waals surface area contributed by atoms with Gasteiger partial charge in [0.1, 0.15) is 0 Å². The monoisotopic (exact) mass is 241 g/mol. The Bertz CT molecular complexity index is 241. The number of ether oxygens (including phenoxy) is 1. The normalized spacial score (nSPS) is 11.0. The zero-order valence-electron chi connectivity index (χ0n) is 8.89. The third-order valence-electron chi connectivity index (χ3n) is 1.59. The predicted octanol–water partition coefficient (Wildman–Crippen LogP) is 1.40. The van der Waals surface area contributed by atoms with E-state index in [2.05, 4.69) is 10.1 Å². The van der Waals surface area contributed by atoms with Crippen molar-refractivity contribution in [2.75, 3.05) is 13.2 Å². The highest BCUT2D eigenvalue weighted by atomic mass is 19.4. The van der Waals surface area contributed by atoms with Crippen LogP contribution in [0.3, 0.4) is 0 Å². The summed E-state index contributed by atoms with van der Waals surface area (Å²) < 4.78 is 39.7. The molecule has 7 heteroatoms. The third kappa shape index (κ3) is 9.29. The van der Waals surface area contributed by atoms with Gasteiger partial charge in [0.2, 0.25) is 5.91 Å². The molecular weight excluding hydrogens is 227 g/mol. The summed E-state index contributed by atoms with van der Waals surface area (Å²) >= 11 is 0. The predicted molar refractivity (Wildman–Crippen MR) is 49.5 cm³/mol. The highest BCUT2D eigenvalue weighted by molar-refractivity contribution is 5.77. The van der Waals surface area contributed by atoms with E-state index in [1.807, 2.05) is 0 Å². The van der Waals surface area contributed by atoms with Crippen LogP contribution in [0.25, 0.3) is 0 Å². The van der Waals surface area contributed by atoms with Crippen molar-refractivity contribution >= 4 is 11.9 Å². The summed E-state index contributed by atoms with van der Waals surface area (Å²) in [5.41, 5.74) is 0. The van der Waals surface area contributed by atoms with Gasteiger partial charge in [-0.05, 0) is 6.92 Å². The van der Waals surface area contributed by atoms with Gasteiger partial charge >= 0.3 is 12.1 Å². The van der Waals surface area contributed by atoms with Gasteiger partial charge < -0.3 is 10.1 Å². The van der Waals surface area contributed by atoms with Crippen LogP contribution in [0.1, 0.15) is 26.2 Å². The molecule has 4 nitrogen and oxygen atoms in total. The lowest BCUT2D eigenvalue weighted by Crippen LogP contribution is -2.27. The van der Waals surface area contributed by atoms with Crippen LogP contribution < -0.4 is 5.32 Å². The minimum absolute atomic E-state index is 0.00444. The van der Waals surface area contributed by atoms with Gasteiger partial charge in [-0.1, -0.05) is 0 Å². The maximum absolute atomic E-state index is 11.7. The Morgan fingerprint density at radius 3 is 2.38 bits per heavy atom. The fraction of sp³-hybridized carbons (Fsp3) is 0.778. The first kappa shape index (κ1) is 14.7. The van der Waals surface area contributed by atoms with E-state index in [-0.39, 0.29) is 19.6 Å². The molecule has 0 saturated carbocycles. The number of alkyl halides is 3. The molecule has 0 aromatic carbocycles. The van der Waals surface area contributed by atoms with E-state index >= 15 is 0 Å². The summed E-state index contributed by atoms with van der Waals surface area (Å²) in [4.78, 5) is 21.7. The number of carbonyl (C=O) groups is 2. The van der Waals surface area contributed by atoms with Crippen molar-refractivity contribution in [1.29, 1.82) is 0 Å². The van der Waals surface area contributed by atoms with Crippen molar-refractivity contribution in [3.8, 4) is 0 Å². The molecule has 0 spiro atoms. The van der Waals surface area contributed by atoms with Crippen LogP contribution in [0.5, 0.6) is 0 Å². The van der Waals surface area contributed by atoms with Gasteiger partial charge in [0.05, 0.1) is 19.4 Å². The van der Waals surface area contributed by atoms with Crippen molar-refractivity contribution in [3.63, 3.8) is 0 Å². The summed E-state index contributed by atoms with van der Waals surface area (Å²) in [6.45, 7) is 1.87. The Labute approximate surface area is 91.1 Å². The van der Waals surface area contributed by atoms with E-state index < -0.39 is 30.9 Å². The molecule has 0 aliphatic heterocycles. The first-order valence-electron chi connectivity index (χ1n) is 4.84. The van der Waals surface area contributed by atoms with Crippen molar-refractivity contribution in [2.24, 2.45) is 0 Å². The molecule has 0 radical (unpaired) electrons. The van der Waals surface area contributed by atoms with Crippen molar-refractivity contribution in [3.05, 3.63) is 0 Å². The van der Waals surface area contributed by atoms with Crippen LogP contribution in [-0.2, 0) is 14.3 Å². The second-order valence-electron chi connectivity index (χ2n) is 3.02. The molecule has 0 aromatic heterocycles. The molecule has 0 unspecified atom stereocenters. The molecule has 0 aliphatic carbocycles. The summed E-state index contributed by atoms with van der Waals surface area (Å²) in [6, 6.07) is 0. The molecule has 94 valence electrons. The van der Waals surface area contributed by atoms with E-state index in [9.17, 15) is 22.8 Å². The third-order valence-corrected chi connectivity index (χ3v) is 1.59. The first-order valence-corrected chi connectivity index (χ1v) is 4.84. The Kier molecular flexibility index (Phi) is 6.52. The van der Waals surface area contributed by atoms with Crippen LogP contribution >= 0.6 is 0 Å². The minimum Gasteiger partial charge on any atom is -0.466 e. The largest absolute Gasteiger partial charge is 0.466 e. The van der Waals surface area contributed by atoms with Crippen molar-refractivity contribution in [1.82, 2.24) is 5.32 Å². The molecule has 0 aliphatic rings. The molecule has 0 rings (SSSR count). The van der Waals surface area contributed by atoms with E-state index in [0.29, 0.717) is 0 Å². The Balaban J connectivity index is 3.55. The SMILES string of the molecule is CCOC(=O)CCNC(=O)CCC(F)(F)F. The van der Waals surface area contributed by atoms with Gasteiger partial charge in [0.25, 0.3) is 0 Å². The van der Waals surface area contributed by atoms with Gasteiger partial charge in [-0.2, -0.15) is 13.2 Å². The molecule has 1 N–H and O–H groups in total. The van der Waals surface area contributed by atoms with Crippen LogP contribution in [0.4, 0.5) is 13.2 Å². The highest BCUT2D eigenvalue weighted by Crippen LogP contribution is 2.20. The summed E-state index contributed by atoms with van der Waals surface area (Å²) in [6.07, 6.45) is -6.14. The van der Waals surface area contributed by atoms with Gasteiger partial charge in [-0.25, -0.2) is 0 Å². The smallest absolute Gasteiger partial charge is 0.389 e. The molecule has 0 atom stereocenters.